The largest absolute Gasteiger partial charge is 0.208 e. The Hall–Kier alpha value is -3.82. The van der Waals surface area contributed by atoms with E-state index in [2.05, 4.69) is 31.9 Å². The van der Waals surface area contributed by atoms with Crippen molar-refractivity contribution in [3.8, 4) is 34.2 Å². The maximum absolute atomic E-state index is 6.20. The third-order valence-electron chi connectivity index (χ3n) is 4.76. The minimum Gasteiger partial charge on any atom is -0.208 e. The second-order valence-electron chi connectivity index (χ2n) is 6.71. The van der Waals surface area contributed by atoms with Gasteiger partial charge in [0.1, 0.15) is 0 Å². The molecule has 0 amide bonds. The number of benzene rings is 3. The zero-order valence-electron chi connectivity index (χ0n) is 20.0. The van der Waals surface area contributed by atoms with Gasteiger partial charge < -0.3 is 0 Å². The molecule has 1 heterocycles. The van der Waals surface area contributed by atoms with Crippen LogP contribution in [-0.4, -0.2) is 15.0 Å². The van der Waals surface area contributed by atoms with Gasteiger partial charge in [0, 0.05) is 21.7 Å². The van der Waals surface area contributed by atoms with E-state index >= 15 is 0 Å². The second-order valence-corrected chi connectivity index (χ2v) is 7.14. The van der Waals surface area contributed by atoms with E-state index in [9.17, 15) is 0 Å². The molecule has 0 bridgehead atoms. The molecule has 0 atom stereocenters. The zero-order valence-corrected chi connectivity index (χ0v) is 20.8. The van der Waals surface area contributed by atoms with Crippen LogP contribution in [0.5, 0.6) is 0 Å². The highest BCUT2D eigenvalue weighted by Crippen LogP contribution is 2.27. The lowest BCUT2D eigenvalue weighted by Crippen LogP contribution is -2.00. The minimum absolute atomic E-state index is 0.589. The number of nitrogens with zero attached hydrogens (tertiary/aromatic N) is 3. The molecule has 0 saturated carbocycles. The standard InChI is InChI=1S/C26H20ClN3.C2H6.C2H4/c1-3-18(4-2)19-13-15-21(16-14-19)25-28-24(20-9-6-5-7-10-20)29-26(30-25)22-11-8-12-23(27)17-22;2*1-2/h3-17H,1H2,2H3;1-2H3;1-2H2/b18-4+;;. The Bertz CT molecular complexity index is 1230. The average molecular weight is 468 g/mol. The summed E-state index contributed by atoms with van der Waals surface area (Å²) >= 11 is 6.20. The Labute approximate surface area is 208 Å². The van der Waals surface area contributed by atoms with Gasteiger partial charge >= 0.3 is 0 Å². The average Bonchev–Trinajstić information content (AvgIpc) is 2.92. The van der Waals surface area contributed by atoms with Crippen molar-refractivity contribution in [2.75, 3.05) is 0 Å². The summed E-state index contributed by atoms with van der Waals surface area (Å²) in [6, 6.07) is 25.6. The first-order chi connectivity index (χ1) is 16.7. The number of halogens is 1. The van der Waals surface area contributed by atoms with E-state index in [0.717, 1.165) is 27.8 Å². The number of hydrogen-bond donors (Lipinski definition) is 0. The quantitative estimate of drug-likeness (QED) is 0.217. The summed E-state index contributed by atoms with van der Waals surface area (Å²) in [6.45, 7) is 15.9. The topological polar surface area (TPSA) is 38.7 Å². The van der Waals surface area contributed by atoms with Gasteiger partial charge in [-0.3, -0.25) is 0 Å². The molecule has 0 unspecified atom stereocenters. The molecule has 3 aromatic carbocycles. The fourth-order valence-electron chi connectivity index (χ4n) is 3.19. The second kappa shape index (κ2) is 13.7. The van der Waals surface area contributed by atoms with Gasteiger partial charge in [-0.1, -0.05) is 111 Å². The van der Waals surface area contributed by atoms with Crippen LogP contribution in [-0.2, 0) is 0 Å². The van der Waals surface area contributed by atoms with Gasteiger partial charge in [0.25, 0.3) is 0 Å². The van der Waals surface area contributed by atoms with Crippen molar-refractivity contribution >= 4 is 17.2 Å². The summed E-state index contributed by atoms with van der Waals surface area (Å²) in [5.74, 6) is 1.83. The van der Waals surface area contributed by atoms with Crippen LogP contribution in [0.1, 0.15) is 26.3 Å². The van der Waals surface area contributed by atoms with E-state index in [0.29, 0.717) is 22.5 Å². The predicted molar refractivity (Wildman–Crippen MR) is 148 cm³/mol. The highest BCUT2D eigenvalue weighted by atomic mass is 35.5. The van der Waals surface area contributed by atoms with Crippen LogP contribution in [0.4, 0.5) is 0 Å². The molecule has 0 fully saturated rings. The molecule has 0 N–H and O–H groups in total. The monoisotopic (exact) mass is 467 g/mol. The van der Waals surface area contributed by atoms with Crippen molar-refractivity contribution in [1.82, 2.24) is 15.0 Å². The SMILES string of the molecule is C=C.C=C/C(=C\C)c1ccc(-c2nc(-c3ccccc3)nc(-c3cccc(Cl)c3)n2)cc1.CC. The first-order valence-electron chi connectivity index (χ1n) is 11.1. The molecule has 34 heavy (non-hydrogen) atoms. The first kappa shape index (κ1) is 26.4. The van der Waals surface area contributed by atoms with Crippen molar-refractivity contribution in [1.29, 1.82) is 0 Å². The normalized spacial score (nSPS) is 10.3. The van der Waals surface area contributed by atoms with Gasteiger partial charge in [-0.15, -0.1) is 13.2 Å². The Morgan fingerprint density at radius 1 is 0.706 bits per heavy atom. The number of allylic oxidation sites excluding steroid dienone is 3. The summed E-state index contributed by atoms with van der Waals surface area (Å²) in [4.78, 5) is 14.2. The maximum atomic E-state index is 6.20. The number of aromatic nitrogens is 3. The molecule has 4 aromatic rings. The highest BCUT2D eigenvalue weighted by molar-refractivity contribution is 6.30. The molecule has 4 heteroatoms. The van der Waals surface area contributed by atoms with Gasteiger partial charge in [0.05, 0.1) is 0 Å². The van der Waals surface area contributed by atoms with Crippen LogP contribution < -0.4 is 0 Å². The molecular formula is C30H30ClN3. The van der Waals surface area contributed by atoms with E-state index in [4.69, 9.17) is 26.6 Å². The Kier molecular flexibility index (Phi) is 10.6. The molecule has 0 aliphatic carbocycles. The van der Waals surface area contributed by atoms with Crippen molar-refractivity contribution in [3.63, 3.8) is 0 Å². The number of hydrogen-bond acceptors (Lipinski definition) is 3. The Morgan fingerprint density at radius 3 is 1.71 bits per heavy atom. The van der Waals surface area contributed by atoms with Crippen molar-refractivity contribution < 1.29 is 0 Å². The third-order valence-corrected chi connectivity index (χ3v) is 4.99. The lowest BCUT2D eigenvalue weighted by molar-refractivity contribution is 1.07. The first-order valence-corrected chi connectivity index (χ1v) is 11.5. The van der Waals surface area contributed by atoms with Gasteiger partial charge in [-0.2, -0.15) is 0 Å². The van der Waals surface area contributed by atoms with E-state index < -0.39 is 0 Å². The van der Waals surface area contributed by atoms with Gasteiger partial charge in [0.15, 0.2) is 17.5 Å². The van der Waals surface area contributed by atoms with Gasteiger partial charge in [-0.05, 0) is 30.2 Å². The van der Waals surface area contributed by atoms with Crippen LogP contribution >= 0.6 is 11.6 Å². The Morgan fingerprint density at radius 2 is 1.21 bits per heavy atom. The molecule has 0 aliphatic rings. The number of rotatable bonds is 5. The summed E-state index contributed by atoms with van der Waals surface area (Å²) < 4.78 is 0. The molecule has 1 aromatic heterocycles. The van der Waals surface area contributed by atoms with Crippen molar-refractivity contribution in [2.45, 2.75) is 20.8 Å². The third kappa shape index (κ3) is 6.60. The molecular weight excluding hydrogens is 438 g/mol. The molecule has 4 rings (SSSR count). The fourth-order valence-corrected chi connectivity index (χ4v) is 3.38. The molecule has 0 aliphatic heterocycles. The van der Waals surface area contributed by atoms with E-state index in [1.54, 1.807) is 0 Å². The maximum Gasteiger partial charge on any atom is 0.164 e. The van der Waals surface area contributed by atoms with Crippen LogP contribution in [0.15, 0.2) is 111 Å². The van der Waals surface area contributed by atoms with E-state index in [1.807, 2.05) is 99.7 Å². The molecule has 0 saturated heterocycles. The van der Waals surface area contributed by atoms with Crippen LogP contribution in [0, 0.1) is 0 Å². The van der Waals surface area contributed by atoms with E-state index in [1.165, 1.54) is 0 Å². The lowest BCUT2D eigenvalue weighted by Gasteiger charge is -2.09. The van der Waals surface area contributed by atoms with E-state index in [-0.39, 0.29) is 0 Å². The minimum atomic E-state index is 0.589. The zero-order chi connectivity index (χ0) is 24.9. The molecule has 172 valence electrons. The smallest absolute Gasteiger partial charge is 0.164 e. The van der Waals surface area contributed by atoms with Crippen LogP contribution in [0.3, 0.4) is 0 Å². The van der Waals surface area contributed by atoms with Crippen LogP contribution in [0.25, 0.3) is 39.7 Å². The van der Waals surface area contributed by atoms with Gasteiger partial charge in [-0.25, -0.2) is 15.0 Å². The molecule has 0 radical (unpaired) electrons. The highest BCUT2D eigenvalue weighted by Gasteiger charge is 2.12. The molecule has 0 spiro atoms. The van der Waals surface area contributed by atoms with Crippen LogP contribution in [0.2, 0.25) is 5.02 Å². The van der Waals surface area contributed by atoms with Crippen molar-refractivity contribution in [3.05, 3.63) is 121 Å². The summed E-state index contributed by atoms with van der Waals surface area (Å²) in [5.41, 5.74) is 4.89. The summed E-state index contributed by atoms with van der Waals surface area (Å²) in [5, 5.41) is 0.642. The van der Waals surface area contributed by atoms with Crippen molar-refractivity contribution in [2.24, 2.45) is 0 Å². The van der Waals surface area contributed by atoms with Gasteiger partial charge in [0.2, 0.25) is 0 Å². The molecule has 3 nitrogen and oxygen atoms in total. The predicted octanol–water partition coefficient (Wildman–Crippen LogP) is 8.94. The fraction of sp³-hybridized carbons (Fsp3) is 0.100. The summed E-state index contributed by atoms with van der Waals surface area (Å²) in [7, 11) is 0. The summed E-state index contributed by atoms with van der Waals surface area (Å²) in [6.07, 6.45) is 3.89. The lowest BCUT2D eigenvalue weighted by atomic mass is 10.0. The Balaban J connectivity index is 0.000000970.